The average Bonchev–Trinajstić information content (AvgIpc) is 3.63. The number of rotatable bonds is 4. The Kier molecular flexibility index (Phi) is 4.98. The van der Waals surface area contributed by atoms with E-state index in [-0.39, 0.29) is 34.0 Å². The summed E-state index contributed by atoms with van der Waals surface area (Å²) < 4.78 is 20.7. The Morgan fingerprint density at radius 1 is 1.00 bits per heavy atom. The molecule has 5 aromatic rings. The summed E-state index contributed by atoms with van der Waals surface area (Å²) in [6.45, 7) is 3.37. The lowest BCUT2D eigenvalue weighted by Gasteiger charge is -2.20. The second-order valence-corrected chi connectivity index (χ2v) is 9.72. The Hall–Kier alpha value is -4.47. The molecular formula is C27H25FN6O3. The number of pyridine rings is 1. The summed E-state index contributed by atoms with van der Waals surface area (Å²) in [5, 5.41) is 3.13. The summed E-state index contributed by atoms with van der Waals surface area (Å²) in [4.78, 5) is 45.5. The summed E-state index contributed by atoms with van der Waals surface area (Å²) in [7, 11) is 3.40. The van der Waals surface area contributed by atoms with Gasteiger partial charge in [-0.25, -0.2) is 14.2 Å². The molecule has 3 heterocycles. The van der Waals surface area contributed by atoms with Gasteiger partial charge in [0, 0.05) is 25.7 Å². The van der Waals surface area contributed by atoms with Gasteiger partial charge in [0.1, 0.15) is 17.0 Å². The quantitative estimate of drug-likeness (QED) is 0.407. The SMILES string of the molecule is Cc1ccc(Nc2c3c(=O)n(C4CC4)c(=O)n(-c4ccc5c(c4)ncn5C)c3c(C)c(=O)n2C)c(F)c1. The normalized spacial score (nSPS) is 13.5. The van der Waals surface area contributed by atoms with Crippen molar-refractivity contribution in [3.8, 4) is 5.69 Å². The van der Waals surface area contributed by atoms with Crippen molar-refractivity contribution in [1.82, 2.24) is 23.3 Å². The fraction of sp³-hybridized carbons (Fsp3) is 0.259. The van der Waals surface area contributed by atoms with E-state index in [2.05, 4.69) is 10.3 Å². The van der Waals surface area contributed by atoms with Gasteiger partial charge in [0.2, 0.25) is 0 Å². The van der Waals surface area contributed by atoms with Gasteiger partial charge in [-0.1, -0.05) is 6.07 Å². The zero-order valence-electron chi connectivity index (χ0n) is 20.9. The van der Waals surface area contributed by atoms with Crippen molar-refractivity contribution >= 4 is 33.4 Å². The highest BCUT2D eigenvalue weighted by atomic mass is 19.1. The molecule has 0 unspecified atom stereocenters. The number of anilines is 2. The van der Waals surface area contributed by atoms with Crippen LogP contribution in [0.2, 0.25) is 0 Å². The van der Waals surface area contributed by atoms with Gasteiger partial charge in [-0.2, -0.15) is 0 Å². The summed E-state index contributed by atoms with van der Waals surface area (Å²) in [5.74, 6) is -0.391. The molecule has 2 aromatic carbocycles. The standard InChI is InChI=1S/C27H25FN6O3/c1-14-5-9-19(18(28)11-14)30-24-22-23(15(2)25(35)32(24)4)33(27(37)34(26(22)36)16-6-7-16)17-8-10-21-20(12-17)29-13-31(21)3/h5,8-13,16,30H,6-7H2,1-4H3. The van der Waals surface area contributed by atoms with E-state index in [9.17, 15) is 18.8 Å². The third kappa shape index (κ3) is 3.43. The molecule has 1 fully saturated rings. The molecule has 1 aliphatic rings. The first-order valence-electron chi connectivity index (χ1n) is 12.0. The van der Waals surface area contributed by atoms with E-state index in [1.165, 1.54) is 26.8 Å². The van der Waals surface area contributed by atoms with E-state index < -0.39 is 22.6 Å². The maximum absolute atomic E-state index is 14.8. The molecule has 0 spiro atoms. The fourth-order valence-corrected chi connectivity index (χ4v) is 4.97. The summed E-state index contributed by atoms with van der Waals surface area (Å²) in [6, 6.07) is 9.83. The van der Waals surface area contributed by atoms with Crippen molar-refractivity contribution in [2.24, 2.45) is 14.1 Å². The molecule has 0 bridgehead atoms. The Labute approximate surface area is 210 Å². The maximum Gasteiger partial charge on any atom is 0.336 e. The number of nitrogens with one attached hydrogen (secondary N) is 1. The third-order valence-corrected chi connectivity index (χ3v) is 7.10. The maximum atomic E-state index is 14.8. The Bertz CT molecular complexity index is 1940. The molecule has 1 N–H and O–H groups in total. The molecule has 9 nitrogen and oxygen atoms in total. The molecule has 0 aliphatic heterocycles. The van der Waals surface area contributed by atoms with Gasteiger partial charge in [0.25, 0.3) is 11.1 Å². The number of aryl methyl sites for hydroxylation is 3. The highest BCUT2D eigenvalue weighted by Crippen LogP contribution is 2.34. The van der Waals surface area contributed by atoms with Crippen LogP contribution in [0.15, 0.2) is 57.1 Å². The van der Waals surface area contributed by atoms with Crippen molar-refractivity contribution in [2.75, 3.05) is 5.32 Å². The lowest BCUT2D eigenvalue weighted by atomic mass is 10.1. The van der Waals surface area contributed by atoms with E-state index >= 15 is 0 Å². The molecule has 0 atom stereocenters. The highest BCUT2D eigenvalue weighted by Gasteiger charge is 2.31. The highest BCUT2D eigenvalue weighted by molar-refractivity contribution is 5.94. The second kappa shape index (κ2) is 8.02. The summed E-state index contributed by atoms with van der Waals surface area (Å²) >= 11 is 0. The molecule has 0 radical (unpaired) electrons. The Morgan fingerprint density at radius 3 is 2.46 bits per heavy atom. The number of fused-ring (bicyclic) bond motifs is 2. The fourth-order valence-electron chi connectivity index (χ4n) is 4.97. The number of benzene rings is 2. The zero-order valence-corrected chi connectivity index (χ0v) is 20.9. The van der Waals surface area contributed by atoms with Gasteiger partial charge >= 0.3 is 5.69 Å². The minimum Gasteiger partial charge on any atom is -0.338 e. The molecule has 1 aliphatic carbocycles. The Balaban J connectivity index is 1.75. The van der Waals surface area contributed by atoms with Gasteiger partial charge in [-0.05, 0) is 62.6 Å². The molecule has 37 heavy (non-hydrogen) atoms. The Morgan fingerprint density at radius 2 is 1.76 bits per heavy atom. The minimum absolute atomic E-state index is 0.121. The number of aromatic nitrogens is 5. The molecule has 188 valence electrons. The van der Waals surface area contributed by atoms with Crippen LogP contribution in [-0.2, 0) is 14.1 Å². The van der Waals surface area contributed by atoms with Crippen molar-refractivity contribution in [3.05, 3.63) is 90.9 Å². The van der Waals surface area contributed by atoms with Crippen molar-refractivity contribution in [3.63, 3.8) is 0 Å². The topological polar surface area (TPSA) is 95.8 Å². The van der Waals surface area contributed by atoms with E-state index in [1.54, 1.807) is 44.4 Å². The van der Waals surface area contributed by atoms with E-state index in [1.807, 2.05) is 17.7 Å². The number of hydrogen-bond acceptors (Lipinski definition) is 5. The van der Waals surface area contributed by atoms with Gasteiger partial charge in [-0.3, -0.25) is 23.3 Å². The van der Waals surface area contributed by atoms with Crippen LogP contribution in [0.4, 0.5) is 15.9 Å². The molecule has 0 amide bonds. The van der Waals surface area contributed by atoms with Gasteiger partial charge in [-0.15, -0.1) is 0 Å². The smallest absolute Gasteiger partial charge is 0.336 e. The van der Waals surface area contributed by atoms with Crippen molar-refractivity contribution in [1.29, 1.82) is 0 Å². The van der Waals surface area contributed by atoms with Crippen LogP contribution in [0.25, 0.3) is 27.6 Å². The molecule has 10 heteroatoms. The second-order valence-electron chi connectivity index (χ2n) is 9.72. The van der Waals surface area contributed by atoms with Crippen molar-refractivity contribution < 1.29 is 4.39 Å². The average molecular weight is 501 g/mol. The van der Waals surface area contributed by atoms with Crippen LogP contribution in [-0.4, -0.2) is 23.3 Å². The van der Waals surface area contributed by atoms with E-state index in [4.69, 9.17) is 0 Å². The van der Waals surface area contributed by atoms with Crippen LogP contribution in [0, 0.1) is 19.7 Å². The lowest BCUT2D eigenvalue weighted by Crippen LogP contribution is -2.41. The van der Waals surface area contributed by atoms with Crippen LogP contribution < -0.4 is 22.1 Å². The lowest BCUT2D eigenvalue weighted by molar-refractivity contribution is 0.630. The van der Waals surface area contributed by atoms with E-state index in [0.717, 1.165) is 11.1 Å². The molecule has 6 rings (SSSR count). The largest absolute Gasteiger partial charge is 0.338 e. The van der Waals surface area contributed by atoms with Crippen LogP contribution in [0.5, 0.6) is 0 Å². The molecule has 0 saturated heterocycles. The predicted molar refractivity (Wildman–Crippen MR) is 141 cm³/mol. The summed E-state index contributed by atoms with van der Waals surface area (Å²) in [6.07, 6.45) is 3.10. The van der Waals surface area contributed by atoms with E-state index in [0.29, 0.717) is 24.0 Å². The number of nitrogens with zero attached hydrogens (tertiary/aromatic N) is 5. The van der Waals surface area contributed by atoms with Crippen LogP contribution >= 0.6 is 0 Å². The first-order chi connectivity index (χ1) is 17.7. The van der Waals surface area contributed by atoms with Gasteiger partial charge < -0.3 is 9.88 Å². The van der Waals surface area contributed by atoms with Gasteiger partial charge in [0.15, 0.2) is 0 Å². The van der Waals surface area contributed by atoms with Crippen molar-refractivity contribution in [2.45, 2.75) is 32.7 Å². The predicted octanol–water partition coefficient (Wildman–Crippen LogP) is 3.57. The summed E-state index contributed by atoms with van der Waals surface area (Å²) in [5.41, 5.74) is 1.90. The first kappa shape index (κ1) is 23.0. The molecule has 3 aromatic heterocycles. The molecular weight excluding hydrogens is 475 g/mol. The zero-order chi connectivity index (χ0) is 26.2. The first-order valence-corrected chi connectivity index (χ1v) is 12.0. The number of halogens is 1. The van der Waals surface area contributed by atoms with Crippen LogP contribution in [0.3, 0.4) is 0 Å². The number of hydrogen-bond donors (Lipinski definition) is 1. The van der Waals surface area contributed by atoms with Gasteiger partial charge in [0.05, 0.1) is 34.3 Å². The van der Waals surface area contributed by atoms with Crippen LogP contribution in [0.1, 0.15) is 30.0 Å². The third-order valence-electron chi connectivity index (χ3n) is 7.10. The monoisotopic (exact) mass is 500 g/mol. The number of imidazole rings is 1. The minimum atomic E-state index is -0.516. The molecule has 1 saturated carbocycles.